The Bertz CT molecular complexity index is 1430. The van der Waals surface area contributed by atoms with Gasteiger partial charge in [-0.05, 0) is 74.5 Å². The van der Waals surface area contributed by atoms with Crippen molar-refractivity contribution in [1.29, 1.82) is 0 Å². The average Bonchev–Trinajstić information content (AvgIpc) is 3.48. The molecule has 1 aliphatic rings. The van der Waals surface area contributed by atoms with Gasteiger partial charge in [-0.2, -0.15) is 4.37 Å². The van der Waals surface area contributed by atoms with E-state index in [1.54, 1.807) is 6.20 Å². The molecule has 1 saturated heterocycles. The van der Waals surface area contributed by atoms with Crippen molar-refractivity contribution in [2.24, 2.45) is 11.7 Å². The number of nitrogens with two attached hydrogens (primary N) is 1. The minimum atomic E-state index is -0.647. The highest BCUT2D eigenvalue weighted by Gasteiger charge is 2.25. The summed E-state index contributed by atoms with van der Waals surface area (Å²) in [6.07, 6.45) is 6.05. The maximum Gasteiger partial charge on any atom is 0.271 e. The van der Waals surface area contributed by atoms with Gasteiger partial charge in [0.15, 0.2) is 17.3 Å². The van der Waals surface area contributed by atoms with Crippen molar-refractivity contribution in [2.45, 2.75) is 39.7 Å². The van der Waals surface area contributed by atoms with E-state index in [9.17, 15) is 9.59 Å². The van der Waals surface area contributed by atoms with Crippen LogP contribution in [0.25, 0.3) is 10.9 Å². The summed E-state index contributed by atoms with van der Waals surface area (Å²) < 4.78 is 6.43. The number of amides is 1. The highest BCUT2D eigenvalue weighted by atomic mass is 32.1. The second-order valence-corrected chi connectivity index (χ2v) is 10.0. The molecule has 1 fully saturated rings. The van der Waals surface area contributed by atoms with Crippen molar-refractivity contribution in [1.82, 2.24) is 18.9 Å². The third-order valence-electron chi connectivity index (χ3n) is 6.61. The van der Waals surface area contributed by atoms with E-state index < -0.39 is 5.91 Å². The fourth-order valence-corrected chi connectivity index (χ4v) is 5.47. The molecule has 0 unspecified atom stereocenters. The van der Waals surface area contributed by atoms with E-state index in [4.69, 9.17) is 5.73 Å². The minimum absolute atomic E-state index is 0.0841. The van der Waals surface area contributed by atoms with E-state index in [0.717, 1.165) is 53.1 Å². The molecule has 4 heterocycles. The van der Waals surface area contributed by atoms with Gasteiger partial charge in [-0.3, -0.25) is 9.59 Å². The molecule has 1 aliphatic heterocycles. The third-order valence-corrected chi connectivity index (χ3v) is 7.41. The number of anilines is 3. The number of hydrogen-bond acceptors (Lipinski definition) is 8. The van der Waals surface area contributed by atoms with E-state index >= 15 is 0 Å². The van der Waals surface area contributed by atoms with Gasteiger partial charge in [0.1, 0.15) is 10.8 Å². The molecule has 0 radical (unpaired) electrons. The number of carbonyl (C=O) groups is 2. The highest BCUT2D eigenvalue weighted by Crippen LogP contribution is 2.29. The Morgan fingerprint density at radius 1 is 1.25 bits per heavy atom. The number of nitrogens with zero attached hydrogens (tertiary/aromatic N) is 5. The summed E-state index contributed by atoms with van der Waals surface area (Å²) >= 11 is 1.28. The Morgan fingerprint density at radius 3 is 2.86 bits per heavy atom. The average molecular weight is 504 g/mol. The van der Waals surface area contributed by atoms with E-state index in [2.05, 4.69) is 48.3 Å². The highest BCUT2D eigenvalue weighted by molar-refractivity contribution is 7.10. The number of primary amides is 1. The van der Waals surface area contributed by atoms with Gasteiger partial charge in [-0.25, -0.2) is 9.97 Å². The zero-order valence-corrected chi connectivity index (χ0v) is 21.2. The number of hydrogen-bond donors (Lipinski definition) is 2. The largest absolute Gasteiger partial charge is 0.364 e. The summed E-state index contributed by atoms with van der Waals surface area (Å²) in [5.74, 6) is 0.690. The van der Waals surface area contributed by atoms with Crippen LogP contribution < -0.4 is 16.0 Å². The van der Waals surface area contributed by atoms with E-state index in [1.807, 2.05) is 31.2 Å². The Labute approximate surface area is 213 Å². The van der Waals surface area contributed by atoms with Crippen LogP contribution >= 0.6 is 11.5 Å². The number of aryl methyl sites for hydroxylation is 2. The Balaban J connectivity index is 1.31. The van der Waals surface area contributed by atoms with Crippen molar-refractivity contribution in [2.75, 3.05) is 23.3 Å². The summed E-state index contributed by atoms with van der Waals surface area (Å²) in [6, 6.07) is 9.91. The van der Waals surface area contributed by atoms with Gasteiger partial charge in [0.2, 0.25) is 0 Å². The molecule has 0 spiro atoms. The third kappa shape index (κ3) is 4.94. The predicted molar refractivity (Wildman–Crippen MR) is 142 cm³/mol. The van der Waals surface area contributed by atoms with E-state index in [1.165, 1.54) is 11.5 Å². The molecule has 36 heavy (non-hydrogen) atoms. The number of carbonyl (C=O) groups excluding carboxylic acids is 2. The molecule has 9 nitrogen and oxygen atoms in total. The van der Waals surface area contributed by atoms with E-state index in [0.29, 0.717) is 24.6 Å². The van der Waals surface area contributed by atoms with Crippen LogP contribution in [0.3, 0.4) is 0 Å². The number of rotatable bonds is 8. The maximum absolute atomic E-state index is 13.1. The molecule has 5 rings (SSSR count). The lowest BCUT2D eigenvalue weighted by Crippen LogP contribution is -2.37. The molecular formula is C26H29N7O2S. The maximum atomic E-state index is 13.1. The fraction of sp³-hybridized carbons (Fsp3) is 0.346. The number of nitrogens with one attached hydrogen (secondary N) is 1. The van der Waals surface area contributed by atoms with Crippen LogP contribution in [-0.4, -0.2) is 43.7 Å². The van der Waals surface area contributed by atoms with Crippen LogP contribution in [0.15, 0.2) is 42.7 Å². The molecule has 3 N–H and O–H groups in total. The van der Waals surface area contributed by atoms with Gasteiger partial charge in [0.25, 0.3) is 5.91 Å². The van der Waals surface area contributed by atoms with Crippen LogP contribution in [0.2, 0.25) is 0 Å². The molecule has 1 amide bonds. The van der Waals surface area contributed by atoms with Crippen molar-refractivity contribution >= 4 is 50.8 Å². The molecule has 1 atom stereocenters. The molecule has 4 aromatic rings. The molecule has 1 aromatic carbocycles. The van der Waals surface area contributed by atoms with Crippen molar-refractivity contribution < 1.29 is 9.59 Å². The molecule has 0 bridgehead atoms. The number of Topliss-reactive ketones (excluding diaryl/α,β-unsaturated/α-hetero) is 1. The zero-order valence-electron chi connectivity index (χ0n) is 20.4. The molecule has 186 valence electrons. The van der Waals surface area contributed by atoms with Crippen molar-refractivity contribution in [3.05, 3.63) is 59.7 Å². The second kappa shape index (κ2) is 10.1. The van der Waals surface area contributed by atoms with Crippen LogP contribution in [0.4, 0.5) is 16.6 Å². The second-order valence-electron chi connectivity index (χ2n) is 9.20. The normalized spacial score (nSPS) is 15.8. The molecule has 10 heteroatoms. The predicted octanol–water partition coefficient (Wildman–Crippen LogP) is 4.55. The van der Waals surface area contributed by atoms with Gasteiger partial charge in [-0.1, -0.05) is 0 Å². The molecule has 0 aliphatic carbocycles. The summed E-state index contributed by atoms with van der Waals surface area (Å²) in [5.41, 5.74) is 8.39. The Kier molecular flexibility index (Phi) is 6.69. The van der Waals surface area contributed by atoms with Gasteiger partial charge < -0.3 is 20.5 Å². The first-order valence-electron chi connectivity index (χ1n) is 12.2. The quantitative estimate of drug-likeness (QED) is 0.339. The molecule has 3 aromatic heterocycles. The molecular weight excluding hydrogens is 474 g/mol. The zero-order chi connectivity index (χ0) is 25.2. The number of ketones is 1. The number of piperidine rings is 1. The van der Waals surface area contributed by atoms with Crippen molar-refractivity contribution in [3.8, 4) is 0 Å². The first kappa shape index (κ1) is 23.9. The van der Waals surface area contributed by atoms with Crippen LogP contribution in [0, 0.1) is 12.8 Å². The SMILES string of the molecule is CCn1ccc2cc(C(=O)C[C@@H]3CCCN(c4cnc(C(N)=O)c(Nc5cc(C)ns5)n4)C3)ccc21. The van der Waals surface area contributed by atoms with Gasteiger partial charge in [0, 0.05) is 48.7 Å². The van der Waals surface area contributed by atoms with Gasteiger partial charge in [-0.15, -0.1) is 0 Å². The number of aromatic nitrogens is 4. The Hall–Kier alpha value is -3.79. The standard InChI is InChI=1S/C26H29N7O2S/c1-3-32-10-8-18-13-19(6-7-20(18)32)21(34)12-17-5-4-9-33(15-17)22-14-28-24(25(27)35)26(29-22)30-23-11-16(2)31-36-23/h6-8,10-11,13-14,17H,3-5,9,12,15H2,1-2H3,(H2,27,35)(H,29,30)/t17-/m0/s1. The number of fused-ring (bicyclic) bond motifs is 1. The summed E-state index contributed by atoms with van der Waals surface area (Å²) in [5, 5.41) is 4.99. The van der Waals surface area contributed by atoms with Gasteiger partial charge >= 0.3 is 0 Å². The van der Waals surface area contributed by atoms with Crippen LogP contribution in [0.1, 0.15) is 52.7 Å². The first-order valence-corrected chi connectivity index (χ1v) is 12.9. The fourth-order valence-electron chi connectivity index (χ4n) is 4.81. The van der Waals surface area contributed by atoms with Gasteiger partial charge in [0.05, 0.1) is 11.9 Å². The van der Waals surface area contributed by atoms with E-state index in [-0.39, 0.29) is 17.4 Å². The first-order chi connectivity index (χ1) is 17.4. The monoisotopic (exact) mass is 503 g/mol. The topological polar surface area (TPSA) is 119 Å². The smallest absolute Gasteiger partial charge is 0.271 e. The lowest BCUT2D eigenvalue weighted by Gasteiger charge is -2.33. The van der Waals surface area contributed by atoms with Crippen LogP contribution in [0.5, 0.6) is 0 Å². The summed E-state index contributed by atoms with van der Waals surface area (Å²) in [4.78, 5) is 36.2. The number of benzene rings is 1. The minimum Gasteiger partial charge on any atom is -0.364 e. The summed E-state index contributed by atoms with van der Waals surface area (Å²) in [6.45, 7) is 6.42. The lowest BCUT2D eigenvalue weighted by atomic mass is 9.90. The summed E-state index contributed by atoms with van der Waals surface area (Å²) in [7, 11) is 0. The van der Waals surface area contributed by atoms with Crippen LogP contribution in [-0.2, 0) is 6.54 Å². The Morgan fingerprint density at radius 2 is 2.11 bits per heavy atom. The molecule has 0 saturated carbocycles. The van der Waals surface area contributed by atoms with Crippen molar-refractivity contribution in [3.63, 3.8) is 0 Å². The lowest BCUT2D eigenvalue weighted by molar-refractivity contribution is 0.0955.